The van der Waals surface area contributed by atoms with Gasteiger partial charge in [0.1, 0.15) is 0 Å². The smallest absolute Gasteiger partial charge is 0.260 e. The Morgan fingerprint density at radius 2 is 1.20 bits per heavy atom. The average molecular weight is 140 g/mol. The zero-order chi connectivity index (χ0) is 7.98. The molecule has 0 aliphatic carbocycles. The molecule has 50 valence electrons. The van der Waals surface area contributed by atoms with Crippen molar-refractivity contribution in [1.82, 2.24) is 0 Å². The first-order chi connectivity index (χ1) is 4.72. The SMILES string of the molecule is O=C=NC(=O)C(=O)N=C=O. The van der Waals surface area contributed by atoms with Crippen molar-refractivity contribution in [3.8, 4) is 0 Å². The van der Waals surface area contributed by atoms with Gasteiger partial charge in [-0.1, -0.05) is 0 Å². The fourth-order valence-corrected chi connectivity index (χ4v) is 0.179. The molecule has 0 N–H and O–H groups in total. The highest BCUT2D eigenvalue weighted by atomic mass is 16.2. The summed E-state index contributed by atoms with van der Waals surface area (Å²) in [4.78, 5) is 43.6. The standard InChI is InChI=1S/C4N2O4/c7-1-5-3(9)4(10)6-2-8. The van der Waals surface area contributed by atoms with Crippen LogP contribution in [-0.2, 0) is 19.2 Å². The van der Waals surface area contributed by atoms with Crippen LogP contribution in [0.2, 0.25) is 0 Å². The zero-order valence-electron chi connectivity index (χ0n) is 4.53. The lowest BCUT2D eigenvalue weighted by molar-refractivity contribution is -0.135. The van der Waals surface area contributed by atoms with Gasteiger partial charge < -0.3 is 0 Å². The predicted octanol–water partition coefficient (Wildman–Crippen LogP) is -1.29. The third kappa shape index (κ3) is 2.42. The van der Waals surface area contributed by atoms with Crippen LogP contribution < -0.4 is 0 Å². The van der Waals surface area contributed by atoms with Gasteiger partial charge in [0, 0.05) is 0 Å². The average Bonchev–Trinajstić information content (AvgIpc) is 1.89. The molecule has 0 aromatic carbocycles. The van der Waals surface area contributed by atoms with Crippen LogP contribution in [0, 0.1) is 0 Å². The van der Waals surface area contributed by atoms with Crippen LogP contribution in [-0.4, -0.2) is 24.0 Å². The molecule has 10 heavy (non-hydrogen) atoms. The van der Waals surface area contributed by atoms with E-state index in [4.69, 9.17) is 0 Å². The lowest BCUT2D eigenvalue weighted by Crippen LogP contribution is -2.06. The summed E-state index contributed by atoms with van der Waals surface area (Å²) < 4.78 is 0. The maximum Gasteiger partial charge on any atom is 0.348 e. The second-order valence-corrected chi connectivity index (χ2v) is 1.02. The van der Waals surface area contributed by atoms with Crippen LogP contribution in [0.25, 0.3) is 0 Å². The van der Waals surface area contributed by atoms with Crippen molar-refractivity contribution in [3.63, 3.8) is 0 Å². The summed E-state index contributed by atoms with van der Waals surface area (Å²) in [6.45, 7) is 0. The van der Waals surface area contributed by atoms with Gasteiger partial charge in [0.2, 0.25) is 12.2 Å². The number of nitrogens with zero attached hydrogens (tertiary/aromatic N) is 2. The quantitative estimate of drug-likeness (QED) is 0.237. The van der Waals surface area contributed by atoms with Gasteiger partial charge in [-0.15, -0.1) is 9.98 Å². The Kier molecular flexibility index (Phi) is 3.26. The van der Waals surface area contributed by atoms with E-state index in [0.29, 0.717) is 0 Å². The van der Waals surface area contributed by atoms with Crippen LogP contribution in [0.3, 0.4) is 0 Å². The van der Waals surface area contributed by atoms with E-state index in [9.17, 15) is 19.2 Å². The zero-order valence-corrected chi connectivity index (χ0v) is 4.53. The molecule has 0 aliphatic rings. The molecule has 6 nitrogen and oxygen atoms in total. The molecular formula is C4N2O4. The maximum absolute atomic E-state index is 10.1. The highest BCUT2D eigenvalue weighted by Crippen LogP contribution is 1.76. The second-order valence-electron chi connectivity index (χ2n) is 1.02. The van der Waals surface area contributed by atoms with E-state index in [-0.39, 0.29) is 0 Å². The number of hydrogen-bond acceptors (Lipinski definition) is 4. The largest absolute Gasteiger partial charge is 0.348 e. The summed E-state index contributed by atoms with van der Waals surface area (Å²) in [6.07, 6.45) is 1.64. The van der Waals surface area contributed by atoms with Crippen molar-refractivity contribution in [2.24, 2.45) is 9.98 Å². The minimum Gasteiger partial charge on any atom is -0.260 e. The van der Waals surface area contributed by atoms with Crippen LogP contribution in [0.1, 0.15) is 0 Å². The Labute approximate surface area is 54.3 Å². The number of isocyanates is 2. The molecule has 0 saturated carbocycles. The molecule has 0 aromatic rings. The fraction of sp³-hybridized carbons (Fsp3) is 0. The summed E-state index contributed by atoms with van der Waals surface area (Å²) in [5.74, 6) is -2.86. The molecule has 0 atom stereocenters. The number of amides is 2. The number of carbonyl (C=O) groups excluding carboxylic acids is 4. The van der Waals surface area contributed by atoms with E-state index in [2.05, 4.69) is 9.98 Å². The summed E-state index contributed by atoms with van der Waals surface area (Å²) in [6, 6.07) is 0. The fourth-order valence-electron chi connectivity index (χ4n) is 0.179. The molecule has 2 amide bonds. The normalized spacial score (nSPS) is 6.80. The van der Waals surface area contributed by atoms with Crippen LogP contribution >= 0.6 is 0 Å². The first kappa shape index (κ1) is 8.10. The molecule has 0 saturated heterocycles. The summed E-state index contributed by atoms with van der Waals surface area (Å²) in [7, 11) is 0. The van der Waals surface area contributed by atoms with Gasteiger partial charge in [0.25, 0.3) is 0 Å². The third-order valence-corrected chi connectivity index (χ3v) is 0.477. The Morgan fingerprint density at radius 3 is 1.40 bits per heavy atom. The highest BCUT2D eigenvalue weighted by Gasteiger charge is 2.09. The van der Waals surface area contributed by atoms with E-state index >= 15 is 0 Å². The van der Waals surface area contributed by atoms with E-state index in [1.54, 1.807) is 0 Å². The Hall–Kier alpha value is -1.90. The van der Waals surface area contributed by atoms with Gasteiger partial charge in [0.05, 0.1) is 0 Å². The van der Waals surface area contributed by atoms with Crippen molar-refractivity contribution < 1.29 is 19.2 Å². The van der Waals surface area contributed by atoms with Crippen LogP contribution in [0.4, 0.5) is 0 Å². The molecule has 0 unspecified atom stereocenters. The first-order valence-electron chi connectivity index (χ1n) is 1.96. The minimum absolute atomic E-state index is 0.822. The summed E-state index contributed by atoms with van der Waals surface area (Å²) >= 11 is 0. The van der Waals surface area contributed by atoms with Gasteiger partial charge in [-0.05, 0) is 0 Å². The van der Waals surface area contributed by atoms with Gasteiger partial charge >= 0.3 is 11.8 Å². The molecule has 6 heteroatoms. The van der Waals surface area contributed by atoms with Gasteiger partial charge in [0.15, 0.2) is 0 Å². The molecule has 0 bridgehead atoms. The van der Waals surface area contributed by atoms with Gasteiger partial charge in [-0.25, -0.2) is 9.59 Å². The van der Waals surface area contributed by atoms with E-state index in [1.807, 2.05) is 0 Å². The van der Waals surface area contributed by atoms with Crippen molar-refractivity contribution in [2.75, 3.05) is 0 Å². The Morgan fingerprint density at radius 1 is 0.900 bits per heavy atom. The summed E-state index contributed by atoms with van der Waals surface area (Å²) in [5.41, 5.74) is 0. The lowest BCUT2D eigenvalue weighted by Gasteiger charge is -1.74. The molecule has 0 radical (unpaired) electrons. The van der Waals surface area contributed by atoms with E-state index in [0.717, 1.165) is 12.2 Å². The van der Waals surface area contributed by atoms with Crippen LogP contribution in [0.5, 0.6) is 0 Å². The number of rotatable bonds is 0. The highest BCUT2D eigenvalue weighted by molar-refractivity contribution is 6.37. The van der Waals surface area contributed by atoms with E-state index < -0.39 is 11.8 Å². The van der Waals surface area contributed by atoms with Crippen molar-refractivity contribution in [2.45, 2.75) is 0 Å². The number of carbonyl (C=O) groups is 2. The van der Waals surface area contributed by atoms with Crippen molar-refractivity contribution in [3.05, 3.63) is 0 Å². The molecule has 0 aromatic heterocycles. The van der Waals surface area contributed by atoms with Gasteiger partial charge in [-0.2, -0.15) is 0 Å². The van der Waals surface area contributed by atoms with Crippen molar-refractivity contribution in [1.29, 1.82) is 0 Å². The van der Waals surface area contributed by atoms with E-state index in [1.165, 1.54) is 0 Å². The lowest BCUT2D eigenvalue weighted by atomic mass is 10.6. The minimum atomic E-state index is -1.43. The molecule has 0 rings (SSSR count). The Balaban J connectivity index is 4.37. The van der Waals surface area contributed by atoms with Crippen LogP contribution in [0.15, 0.2) is 9.98 Å². The molecule has 0 spiro atoms. The van der Waals surface area contributed by atoms with Gasteiger partial charge in [-0.3, -0.25) is 9.59 Å². The summed E-state index contributed by atoms with van der Waals surface area (Å²) in [5, 5.41) is 0. The first-order valence-corrected chi connectivity index (χ1v) is 1.96. The molecule has 0 heterocycles. The topological polar surface area (TPSA) is 93.0 Å². The third-order valence-electron chi connectivity index (χ3n) is 0.477. The molecule has 0 aliphatic heterocycles. The Bertz CT molecular complexity index is 228. The van der Waals surface area contributed by atoms with Crippen molar-refractivity contribution >= 4 is 24.0 Å². The monoisotopic (exact) mass is 140 g/mol. The number of aliphatic imine (C=N–C) groups is 2. The molecular weight excluding hydrogens is 140 g/mol. The number of hydrogen-bond donors (Lipinski definition) is 0. The second kappa shape index (κ2) is 4.03. The maximum atomic E-state index is 10.1. The molecule has 0 fully saturated rings. The predicted molar refractivity (Wildman–Crippen MR) is 26.3 cm³/mol.